The van der Waals surface area contributed by atoms with Crippen LogP contribution >= 0.6 is 0 Å². The molecule has 2 saturated carbocycles. The maximum absolute atomic E-state index is 12.8. The van der Waals surface area contributed by atoms with Crippen LogP contribution in [0.25, 0.3) is 0 Å². The van der Waals surface area contributed by atoms with Crippen LogP contribution in [0.5, 0.6) is 11.5 Å². The number of nitrogens with one attached hydrogen (secondary N) is 1. The number of aromatic hydroxyl groups is 2. The number of amides is 2. The van der Waals surface area contributed by atoms with Crippen molar-refractivity contribution in [2.24, 2.45) is 11.8 Å². The predicted molar refractivity (Wildman–Crippen MR) is 136 cm³/mol. The second-order valence-electron chi connectivity index (χ2n) is 10.1. The summed E-state index contributed by atoms with van der Waals surface area (Å²) < 4.78 is 0. The maximum Gasteiger partial charge on any atom is 0.233 e. The Kier molecular flexibility index (Phi) is 9.52. The first kappa shape index (κ1) is 27.0. The van der Waals surface area contributed by atoms with Crippen LogP contribution in [-0.2, 0) is 16.0 Å². The molecule has 7 nitrogen and oxygen atoms in total. The van der Waals surface area contributed by atoms with Crippen molar-refractivity contribution in [3.05, 3.63) is 49.1 Å². The SMILES string of the molecule is C=CCC(=O)N(C(=O)CC=C)C1CCC(O)(CCc2ccc(O)c(O)c2)C(CCNCC2CC2)C1. The maximum atomic E-state index is 12.8. The fraction of sp³-hybridized carbons (Fsp3) is 0.571. The highest BCUT2D eigenvalue weighted by Gasteiger charge is 2.44. The number of imide groups is 1. The van der Waals surface area contributed by atoms with E-state index in [1.165, 1.54) is 42.0 Å². The van der Waals surface area contributed by atoms with Gasteiger partial charge in [0.2, 0.25) is 11.8 Å². The van der Waals surface area contributed by atoms with E-state index in [0.29, 0.717) is 32.1 Å². The Hall–Kier alpha value is -2.64. The van der Waals surface area contributed by atoms with Crippen molar-refractivity contribution in [3.63, 3.8) is 0 Å². The predicted octanol–water partition coefficient (Wildman–Crippen LogP) is 3.83. The zero-order chi connectivity index (χ0) is 25.4. The van der Waals surface area contributed by atoms with Crippen LogP contribution in [0.2, 0.25) is 0 Å². The van der Waals surface area contributed by atoms with Gasteiger partial charge in [-0.3, -0.25) is 14.5 Å². The van der Waals surface area contributed by atoms with Crippen LogP contribution in [0.15, 0.2) is 43.5 Å². The van der Waals surface area contributed by atoms with Crippen molar-refractivity contribution in [1.82, 2.24) is 10.2 Å². The number of benzene rings is 1. The van der Waals surface area contributed by atoms with Crippen molar-refractivity contribution in [2.75, 3.05) is 13.1 Å². The summed E-state index contributed by atoms with van der Waals surface area (Å²) in [5.74, 6) is -0.176. The third kappa shape index (κ3) is 7.42. The van der Waals surface area contributed by atoms with E-state index in [-0.39, 0.29) is 48.1 Å². The first-order chi connectivity index (χ1) is 16.8. The lowest BCUT2D eigenvalue weighted by molar-refractivity contribution is -0.151. The number of rotatable bonds is 13. The van der Waals surface area contributed by atoms with Crippen LogP contribution in [0.1, 0.15) is 63.4 Å². The first-order valence-electron chi connectivity index (χ1n) is 12.8. The van der Waals surface area contributed by atoms with Gasteiger partial charge in [-0.15, -0.1) is 13.2 Å². The molecular weight excluding hydrogens is 444 g/mol. The van der Waals surface area contributed by atoms with Gasteiger partial charge >= 0.3 is 0 Å². The number of aliphatic hydroxyl groups is 1. The second-order valence-corrected chi connectivity index (χ2v) is 10.1. The lowest BCUT2D eigenvalue weighted by Crippen LogP contribution is -2.53. The highest BCUT2D eigenvalue weighted by atomic mass is 16.3. The molecule has 192 valence electrons. The summed E-state index contributed by atoms with van der Waals surface area (Å²) in [6.07, 6.45) is 9.14. The van der Waals surface area contributed by atoms with Crippen LogP contribution < -0.4 is 5.32 Å². The summed E-state index contributed by atoms with van der Waals surface area (Å²) in [5, 5.41) is 34.7. The molecule has 35 heavy (non-hydrogen) atoms. The van der Waals surface area contributed by atoms with Crippen molar-refractivity contribution in [2.45, 2.75) is 75.9 Å². The van der Waals surface area contributed by atoms with Crippen molar-refractivity contribution >= 4 is 11.8 Å². The number of phenols is 2. The monoisotopic (exact) mass is 484 g/mol. The molecule has 0 radical (unpaired) electrons. The van der Waals surface area contributed by atoms with Crippen LogP contribution in [0, 0.1) is 11.8 Å². The van der Waals surface area contributed by atoms with Gasteiger partial charge in [-0.2, -0.15) is 0 Å². The highest BCUT2D eigenvalue weighted by Crippen LogP contribution is 2.41. The molecule has 0 aliphatic heterocycles. The summed E-state index contributed by atoms with van der Waals surface area (Å²) in [4.78, 5) is 27.0. The topological polar surface area (TPSA) is 110 Å². The van der Waals surface area contributed by atoms with Gasteiger partial charge in [-0.05, 0) is 94.0 Å². The minimum Gasteiger partial charge on any atom is -0.504 e. The smallest absolute Gasteiger partial charge is 0.233 e. The van der Waals surface area contributed by atoms with Gasteiger partial charge in [-0.1, -0.05) is 18.2 Å². The molecule has 3 atom stereocenters. The Labute approximate surface area is 208 Å². The van der Waals surface area contributed by atoms with E-state index < -0.39 is 5.60 Å². The molecule has 2 aliphatic rings. The van der Waals surface area contributed by atoms with E-state index in [9.17, 15) is 24.9 Å². The Morgan fingerprint density at radius 3 is 2.37 bits per heavy atom. The average Bonchev–Trinajstić information content (AvgIpc) is 3.64. The molecule has 7 heteroatoms. The molecule has 2 aliphatic carbocycles. The number of nitrogens with zero attached hydrogens (tertiary/aromatic N) is 1. The summed E-state index contributed by atoms with van der Waals surface area (Å²) >= 11 is 0. The largest absolute Gasteiger partial charge is 0.504 e. The number of aryl methyl sites for hydroxylation is 1. The minimum absolute atomic E-state index is 0.0887. The summed E-state index contributed by atoms with van der Waals surface area (Å²) in [6, 6.07) is 4.47. The van der Waals surface area contributed by atoms with Crippen LogP contribution in [0.3, 0.4) is 0 Å². The standard InChI is InChI=1S/C28H40N2O5/c1-3-5-26(33)30(27(34)6-4-2)23-12-15-28(35,14-11-20-9-10-24(31)25(32)17-20)22(18-23)13-16-29-19-21-7-8-21/h3-4,9-10,17,21-23,29,31-32,35H,1-2,5-8,11-16,18-19H2. The molecular formula is C28H40N2O5. The second kappa shape index (κ2) is 12.4. The van der Waals surface area contributed by atoms with E-state index in [1.54, 1.807) is 6.07 Å². The molecule has 2 fully saturated rings. The highest BCUT2D eigenvalue weighted by molar-refractivity contribution is 5.96. The van der Waals surface area contributed by atoms with Gasteiger partial charge in [-0.25, -0.2) is 0 Å². The Morgan fingerprint density at radius 2 is 1.77 bits per heavy atom. The van der Waals surface area contributed by atoms with E-state index in [0.717, 1.165) is 31.0 Å². The number of hydrogen-bond acceptors (Lipinski definition) is 6. The summed E-state index contributed by atoms with van der Waals surface area (Å²) in [7, 11) is 0. The van der Waals surface area contributed by atoms with Crippen molar-refractivity contribution in [3.8, 4) is 11.5 Å². The fourth-order valence-corrected chi connectivity index (χ4v) is 5.22. The third-order valence-electron chi connectivity index (χ3n) is 7.45. The molecule has 0 aromatic heterocycles. The lowest BCUT2D eigenvalue weighted by Gasteiger charge is -2.46. The van der Waals surface area contributed by atoms with E-state index >= 15 is 0 Å². The molecule has 2 amide bonds. The third-order valence-corrected chi connectivity index (χ3v) is 7.45. The van der Waals surface area contributed by atoms with Crippen LogP contribution in [-0.4, -0.2) is 56.8 Å². The van der Waals surface area contributed by atoms with E-state index in [4.69, 9.17) is 0 Å². The van der Waals surface area contributed by atoms with Gasteiger partial charge in [0.25, 0.3) is 0 Å². The van der Waals surface area contributed by atoms with Gasteiger partial charge in [0.15, 0.2) is 11.5 Å². The molecule has 1 aromatic carbocycles. The molecule has 0 saturated heterocycles. The minimum atomic E-state index is -0.945. The molecule has 0 bridgehead atoms. The lowest BCUT2D eigenvalue weighted by atomic mass is 9.69. The van der Waals surface area contributed by atoms with Gasteiger partial charge in [0, 0.05) is 18.9 Å². The molecule has 0 heterocycles. The Balaban J connectivity index is 1.73. The van der Waals surface area contributed by atoms with Crippen molar-refractivity contribution < 1.29 is 24.9 Å². The zero-order valence-electron chi connectivity index (χ0n) is 20.6. The van der Waals surface area contributed by atoms with Gasteiger partial charge in [0.1, 0.15) is 0 Å². The number of hydrogen-bond donors (Lipinski definition) is 4. The van der Waals surface area contributed by atoms with Gasteiger partial charge in [0.05, 0.1) is 5.60 Å². The number of carbonyl (C=O) groups excluding carboxylic acids is 2. The van der Waals surface area contributed by atoms with Crippen molar-refractivity contribution in [1.29, 1.82) is 0 Å². The quantitative estimate of drug-likeness (QED) is 0.192. The van der Waals surface area contributed by atoms with E-state index in [1.807, 2.05) is 0 Å². The molecule has 3 unspecified atom stereocenters. The number of phenolic OH excluding ortho intramolecular Hbond substituents is 2. The summed E-state index contributed by atoms with van der Waals surface area (Å²) in [5.41, 5.74) is -0.106. The average molecular weight is 485 g/mol. The fourth-order valence-electron chi connectivity index (χ4n) is 5.22. The van der Waals surface area contributed by atoms with Crippen LogP contribution in [0.4, 0.5) is 0 Å². The first-order valence-corrected chi connectivity index (χ1v) is 12.8. The molecule has 1 aromatic rings. The molecule has 3 rings (SSSR count). The normalized spacial score (nSPS) is 24.0. The molecule has 0 spiro atoms. The number of carbonyl (C=O) groups is 2. The Bertz CT molecular complexity index is 891. The molecule has 4 N–H and O–H groups in total. The van der Waals surface area contributed by atoms with E-state index in [2.05, 4.69) is 18.5 Å². The summed E-state index contributed by atoms with van der Waals surface area (Å²) in [6.45, 7) is 9.05. The van der Waals surface area contributed by atoms with Gasteiger partial charge < -0.3 is 20.6 Å². The Morgan fingerprint density at radius 1 is 1.09 bits per heavy atom. The zero-order valence-corrected chi connectivity index (χ0v) is 20.6.